The number of nitrogens with zero attached hydrogens (tertiary/aromatic N) is 1. The Morgan fingerprint density at radius 2 is 2.17 bits per heavy atom. The lowest BCUT2D eigenvalue weighted by molar-refractivity contribution is 0.146. The zero-order chi connectivity index (χ0) is 9.30. The van der Waals surface area contributed by atoms with E-state index in [0.717, 1.165) is 6.07 Å². The molecule has 0 saturated heterocycles. The first kappa shape index (κ1) is 9.67. The van der Waals surface area contributed by atoms with Gasteiger partial charge >= 0.3 is 0 Å². The largest absolute Gasteiger partial charge is 0.398 e. The third kappa shape index (κ3) is 1.84. The number of nitrogens with two attached hydrogens (primary N) is 1. The molecule has 1 aromatic rings. The molecule has 0 radical (unpaired) electrons. The van der Waals surface area contributed by atoms with E-state index in [0.29, 0.717) is 4.47 Å². The predicted molar refractivity (Wildman–Crippen MR) is 46.3 cm³/mol. The predicted octanol–water partition coefficient (Wildman–Crippen LogP) is 3.02. The Labute approximate surface area is 80.9 Å². The van der Waals surface area contributed by atoms with E-state index in [2.05, 4.69) is 20.9 Å². The molecule has 0 amide bonds. The van der Waals surface area contributed by atoms with Gasteiger partial charge in [-0.3, -0.25) is 0 Å². The summed E-state index contributed by atoms with van der Waals surface area (Å²) in [6.45, 7) is 0. The van der Waals surface area contributed by atoms with Crippen molar-refractivity contribution in [1.82, 2.24) is 4.98 Å². The van der Waals surface area contributed by atoms with Gasteiger partial charge in [0.1, 0.15) is 10.8 Å². The molecule has 0 aliphatic heterocycles. The molecule has 2 N–H and O–H groups in total. The van der Waals surface area contributed by atoms with Crippen LogP contribution in [0.5, 0.6) is 0 Å². The number of nitrogen functional groups attached to an aromatic ring is 1. The Morgan fingerprint density at radius 3 is 2.58 bits per heavy atom. The standard InChI is InChI=1S/C6H4BrClF2N2/c7-4-2(11)1-3(6(9)10)12-5(4)8/h1,6H,(H2,11,12). The summed E-state index contributed by atoms with van der Waals surface area (Å²) in [6.07, 6.45) is -2.65. The Morgan fingerprint density at radius 1 is 1.58 bits per heavy atom. The summed E-state index contributed by atoms with van der Waals surface area (Å²) >= 11 is 8.49. The fourth-order valence-corrected chi connectivity index (χ4v) is 1.06. The van der Waals surface area contributed by atoms with E-state index in [1.807, 2.05) is 0 Å². The zero-order valence-corrected chi connectivity index (χ0v) is 8.03. The average Bonchev–Trinajstić information content (AvgIpc) is 1.99. The second-order valence-corrected chi connectivity index (χ2v) is 3.19. The molecule has 0 unspecified atom stereocenters. The second kappa shape index (κ2) is 3.53. The highest BCUT2D eigenvalue weighted by atomic mass is 79.9. The van der Waals surface area contributed by atoms with Crippen LogP contribution < -0.4 is 5.73 Å². The van der Waals surface area contributed by atoms with Crippen LogP contribution in [0.2, 0.25) is 5.15 Å². The molecule has 0 saturated carbocycles. The third-order valence-electron chi connectivity index (χ3n) is 1.19. The lowest BCUT2D eigenvalue weighted by Crippen LogP contribution is -1.96. The maximum atomic E-state index is 12.1. The number of pyridine rings is 1. The molecule has 0 fully saturated rings. The van der Waals surface area contributed by atoms with Crippen LogP contribution in [0, 0.1) is 0 Å². The number of alkyl halides is 2. The highest BCUT2D eigenvalue weighted by molar-refractivity contribution is 9.10. The molecule has 0 aliphatic carbocycles. The van der Waals surface area contributed by atoms with E-state index in [-0.39, 0.29) is 10.8 Å². The van der Waals surface area contributed by atoms with Gasteiger partial charge < -0.3 is 5.73 Å². The number of hydrogen-bond donors (Lipinski definition) is 1. The van der Waals surface area contributed by atoms with Gasteiger partial charge in [0.25, 0.3) is 6.43 Å². The molecule has 0 atom stereocenters. The van der Waals surface area contributed by atoms with Crippen LogP contribution >= 0.6 is 27.5 Å². The highest BCUT2D eigenvalue weighted by Gasteiger charge is 2.13. The van der Waals surface area contributed by atoms with Crippen molar-refractivity contribution < 1.29 is 8.78 Å². The molecule has 0 spiro atoms. The van der Waals surface area contributed by atoms with Crippen LogP contribution in [0.3, 0.4) is 0 Å². The van der Waals surface area contributed by atoms with Gasteiger partial charge in [-0.25, -0.2) is 13.8 Å². The summed E-state index contributed by atoms with van der Waals surface area (Å²) in [5.41, 5.74) is 5.10. The first-order valence-electron chi connectivity index (χ1n) is 2.92. The highest BCUT2D eigenvalue weighted by Crippen LogP contribution is 2.30. The van der Waals surface area contributed by atoms with Crippen LogP contribution in [0.25, 0.3) is 0 Å². The lowest BCUT2D eigenvalue weighted by Gasteiger charge is -2.03. The van der Waals surface area contributed by atoms with E-state index in [4.69, 9.17) is 17.3 Å². The van der Waals surface area contributed by atoms with Crippen molar-refractivity contribution >= 4 is 33.2 Å². The molecule has 0 aromatic carbocycles. The summed E-state index contributed by atoms with van der Waals surface area (Å²) in [5.74, 6) is 0. The number of halogens is 4. The van der Waals surface area contributed by atoms with Crippen LogP contribution in [0.15, 0.2) is 10.5 Å². The van der Waals surface area contributed by atoms with Gasteiger partial charge in [0.2, 0.25) is 0 Å². The topological polar surface area (TPSA) is 38.9 Å². The smallest absolute Gasteiger partial charge is 0.280 e. The van der Waals surface area contributed by atoms with E-state index in [1.54, 1.807) is 0 Å². The molecular formula is C6H4BrClF2N2. The van der Waals surface area contributed by atoms with Crippen molar-refractivity contribution in [3.05, 3.63) is 21.4 Å². The van der Waals surface area contributed by atoms with Gasteiger partial charge in [0.05, 0.1) is 10.2 Å². The van der Waals surface area contributed by atoms with Crippen LogP contribution in [0.4, 0.5) is 14.5 Å². The van der Waals surface area contributed by atoms with Gasteiger partial charge in [0.15, 0.2) is 0 Å². The second-order valence-electron chi connectivity index (χ2n) is 2.04. The maximum absolute atomic E-state index is 12.1. The Hall–Kier alpha value is -0.420. The monoisotopic (exact) mass is 256 g/mol. The molecule has 0 aliphatic rings. The van der Waals surface area contributed by atoms with Crippen molar-refractivity contribution in [2.24, 2.45) is 0 Å². The summed E-state index contributed by atoms with van der Waals surface area (Å²) in [7, 11) is 0. The fraction of sp³-hybridized carbons (Fsp3) is 0.167. The van der Waals surface area contributed by atoms with Crippen molar-refractivity contribution in [3.63, 3.8) is 0 Å². The third-order valence-corrected chi connectivity index (χ3v) is 2.52. The molecule has 1 aromatic heterocycles. The molecule has 1 rings (SSSR count). The Balaban J connectivity index is 3.21. The lowest BCUT2D eigenvalue weighted by atomic mass is 10.3. The molecule has 0 bridgehead atoms. The molecule has 1 heterocycles. The van der Waals surface area contributed by atoms with Crippen molar-refractivity contribution in [2.75, 3.05) is 5.73 Å². The molecule has 2 nitrogen and oxygen atoms in total. The summed E-state index contributed by atoms with van der Waals surface area (Å²) in [4.78, 5) is 3.42. The van der Waals surface area contributed by atoms with E-state index >= 15 is 0 Å². The first-order chi connectivity index (χ1) is 5.52. The van der Waals surface area contributed by atoms with Crippen molar-refractivity contribution in [1.29, 1.82) is 0 Å². The molecule has 66 valence electrons. The van der Waals surface area contributed by atoms with E-state index < -0.39 is 12.1 Å². The molecule has 12 heavy (non-hydrogen) atoms. The Bertz CT molecular complexity index is 283. The summed E-state index contributed by atoms with van der Waals surface area (Å²) in [6, 6.07) is 1.08. The van der Waals surface area contributed by atoms with Gasteiger partial charge in [0, 0.05) is 0 Å². The quantitative estimate of drug-likeness (QED) is 0.786. The van der Waals surface area contributed by atoms with Crippen molar-refractivity contribution in [2.45, 2.75) is 6.43 Å². The fourth-order valence-electron chi connectivity index (χ4n) is 0.648. The first-order valence-corrected chi connectivity index (χ1v) is 4.09. The molecular weight excluding hydrogens is 253 g/mol. The van der Waals surface area contributed by atoms with Crippen LogP contribution in [-0.2, 0) is 0 Å². The van der Waals surface area contributed by atoms with Gasteiger partial charge in [-0.1, -0.05) is 11.6 Å². The number of rotatable bonds is 1. The Kier molecular flexibility index (Phi) is 2.85. The van der Waals surface area contributed by atoms with Gasteiger partial charge in [-0.05, 0) is 22.0 Å². The normalized spacial score (nSPS) is 10.8. The van der Waals surface area contributed by atoms with Crippen molar-refractivity contribution in [3.8, 4) is 0 Å². The molecule has 6 heteroatoms. The van der Waals surface area contributed by atoms with Gasteiger partial charge in [-0.15, -0.1) is 0 Å². The SMILES string of the molecule is Nc1cc(C(F)F)nc(Cl)c1Br. The number of anilines is 1. The minimum Gasteiger partial charge on any atom is -0.398 e. The van der Waals surface area contributed by atoms with E-state index in [1.165, 1.54) is 0 Å². The summed E-state index contributed by atoms with van der Waals surface area (Å²) in [5, 5.41) is -0.0506. The van der Waals surface area contributed by atoms with Crippen LogP contribution in [0.1, 0.15) is 12.1 Å². The minimum absolute atomic E-state index is 0.0506. The maximum Gasteiger partial charge on any atom is 0.280 e. The van der Waals surface area contributed by atoms with E-state index in [9.17, 15) is 8.78 Å². The van der Waals surface area contributed by atoms with Gasteiger partial charge in [-0.2, -0.15) is 0 Å². The number of hydrogen-bond acceptors (Lipinski definition) is 2. The number of aromatic nitrogens is 1. The zero-order valence-electron chi connectivity index (χ0n) is 5.69. The average molecular weight is 257 g/mol. The minimum atomic E-state index is -2.65. The van der Waals surface area contributed by atoms with Crippen LogP contribution in [-0.4, -0.2) is 4.98 Å². The summed E-state index contributed by atoms with van der Waals surface area (Å²) < 4.78 is 24.5.